The van der Waals surface area contributed by atoms with E-state index in [0.717, 1.165) is 22.7 Å². The van der Waals surface area contributed by atoms with Gasteiger partial charge in [-0.25, -0.2) is 0 Å². The van der Waals surface area contributed by atoms with E-state index in [0.29, 0.717) is 46.1 Å². The zero-order valence-corrected chi connectivity index (χ0v) is 18.5. The third-order valence-corrected chi connectivity index (χ3v) is 6.67. The minimum Gasteiger partial charge on any atom is -0.497 e. The van der Waals surface area contributed by atoms with Gasteiger partial charge < -0.3 is 19.5 Å². The lowest BCUT2D eigenvalue weighted by molar-refractivity contribution is -0.116. The number of hydrogen-bond donors (Lipinski definition) is 1. The number of nitrogens with one attached hydrogen (secondary N) is 1. The van der Waals surface area contributed by atoms with Crippen LogP contribution in [0.25, 0.3) is 0 Å². The Labute approximate surface area is 191 Å². The first kappa shape index (κ1) is 20.5. The van der Waals surface area contributed by atoms with Crippen molar-refractivity contribution in [2.45, 2.75) is 31.6 Å². The van der Waals surface area contributed by atoms with Crippen LogP contribution < -0.4 is 19.5 Å². The first-order valence-electron chi connectivity index (χ1n) is 10.4. The number of nitriles is 1. The number of hydrogen-bond acceptors (Lipinski definition) is 6. The fourth-order valence-electron chi connectivity index (χ4n) is 4.76. The van der Waals surface area contributed by atoms with E-state index < -0.39 is 5.92 Å². The lowest BCUT2D eigenvalue weighted by Gasteiger charge is -2.36. The van der Waals surface area contributed by atoms with Crippen LogP contribution in [-0.2, 0) is 4.79 Å². The van der Waals surface area contributed by atoms with Gasteiger partial charge in [0.2, 0.25) is 6.79 Å². The van der Waals surface area contributed by atoms with Crippen molar-refractivity contribution in [1.29, 1.82) is 5.26 Å². The van der Waals surface area contributed by atoms with Crippen molar-refractivity contribution >= 4 is 17.4 Å². The van der Waals surface area contributed by atoms with Gasteiger partial charge in [0.05, 0.1) is 24.7 Å². The second kappa shape index (κ2) is 7.92. The fraction of sp³-hybridized carbons (Fsp3) is 0.280. The Bertz CT molecular complexity index is 1220. The number of benzene rings is 2. The molecule has 3 aliphatic rings. The summed E-state index contributed by atoms with van der Waals surface area (Å²) < 4.78 is 16.2. The molecule has 2 aliphatic heterocycles. The molecular weight excluding hydrogens is 428 g/mol. The average Bonchev–Trinajstić information content (AvgIpc) is 3.24. The predicted octanol–water partition coefficient (Wildman–Crippen LogP) is 4.96. The minimum atomic E-state index is -0.539. The first-order chi connectivity index (χ1) is 15.5. The van der Waals surface area contributed by atoms with Gasteiger partial charge in [-0.1, -0.05) is 23.7 Å². The molecule has 162 valence electrons. The average molecular weight is 449 g/mol. The van der Waals surface area contributed by atoms with Crippen molar-refractivity contribution in [3.63, 3.8) is 0 Å². The van der Waals surface area contributed by atoms with Crippen LogP contribution in [0.5, 0.6) is 17.2 Å². The Morgan fingerprint density at radius 3 is 2.56 bits per heavy atom. The molecule has 6 nitrogen and oxygen atoms in total. The van der Waals surface area contributed by atoms with E-state index in [2.05, 4.69) is 11.4 Å². The molecule has 1 aliphatic carbocycles. The molecule has 2 atom stereocenters. The van der Waals surface area contributed by atoms with Crippen LogP contribution in [0.3, 0.4) is 0 Å². The molecule has 0 saturated heterocycles. The highest BCUT2D eigenvalue weighted by atomic mass is 35.5. The van der Waals surface area contributed by atoms with Gasteiger partial charge in [0, 0.05) is 34.5 Å². The lowest BCUT2D eigenvalue weighted by Crippen LogP contribution is -2.33. The van der Waals surface area contributed by atoms with Gasteiger partial charge in [-0.2, -0.15) is 5.26 Å². The summed E-state index contributed by atoms with van der Waals surface area (Å²) in [5.74, 6) is 1.43. The summed E-state index contributed by atoms with van der Waals surface area (Å²) in [6.45, 7) is 1.98. The van der Waals surface area contributed by atoms with E-state index in [-0.39, 0.29) is 18.5 Å². The molecule has 5 rings (SSSR count). The Kier molecular flexibility index (Phi) is 5.07. The highest BCUT2D eigenvalue weighted by Gasteiger charge is 2.40. The van der Waals surface area contributed by atoms with Crippen molar-refractivity contribution in [2.75, 3.05) is 13.9 Å². The van der Waals surface area contributed by atoms with Crippen LogP contribution >= 0.6 is 11.6 Å². The molecule has 0 aromatic heterocycles. The molecule has 1 N–H and O–H groups in total. The summed E-state index contributed by atoms with van der Waals surface area (Å²) in [6, 6.07) is 13.6. The Morgan fingerprint density at radius 1 is 1.16 bits per heavy atom. The molecule has 2 aromatic carbocycles. The Hall–Kier alpha value is -3.43. The highest BCUT2D eigenvalue weighted by molar-refractivity contribution is 6.31. The van der Waals surface area contributed by atoms with E-state index in [1.807, 2.05) is 31.2 Å². The molecule has 7 heteroatoms. The SMILES string of the molecule is COc1ccc(C2CC(=O)C3=C(C2)NC(C)=C(C#N)C3c2cc3c(cc2Cl)OCO3)cc1. The third kappa shape index (κ3) is 3.30. The van der Waals surface area contributed by atoms with Gasteiger partial charge in [-0.05, 0) is 48.6 Å². The standard InChI is InChI=1S/C25H21ClN2O4/c1-13-18(11-27)24(17-9-22-23(10-19(17)26)32-12-31-22)25-20(28-13)7-15(8-21(25)29)14-3-5-16(30-2)6-4-14/h3-6,9-10,15,24,28H,7-8,12H2,1-2H3. The normalized spacial score (nSPS) is 21.8. The summed E-state index contributed by atoms with van der Waals surface area (Å²) >= 11 is 6.61. The number of dihydropyridines is 1. The van der Waals surface area contributed by atoms with Gasteiger partial charge >= 0.3 is 0 Å². The maximum absolute atomic E-state index is 13.5. The van der Waals surface area contributed by atoms with Crippen molar-refractivity contribution in [3.8, 4) is 23.3 Å². The number of ketones is 1. The van der Waals surface area contributed by atoms with Crippen LogP contribution in [0.15, 0.2) is 58.9 Å². The zero-order chi connectivity index (χ0) is 22.4. The number of nitrogens with zero attached hydrogens (tertiary/aromatic N) is 1. The van der Waals surface area contributed by atoms with E-state index in [1.165, 1.54) is 0 Å². The quantitative estimate of drug-likeness (QED) is 0.714. The van der Waals surface area contributed by atoms with Crippen molar-refractivity contribution in [2.24, 2.45) is 0 Å². The molecule has 32 heavy (non-hydrogen) atoms. The molecule has 0 bridgehead atoms. The number of rotatable bonds is 3. The van der Waals surface area contributed by atoms with Crippen LogP contribution in [-0.4, -0.2) is 19.7 Å². The summed E-state index contributed by atoms with van der Waals surface area (Å²) in [7, 11) is 1.63. The number of allylic oxidation sites excluding steroid dienone is 4. The number of carbonyl (C=O) groups excluding carboxylic acids is 1. The van der Waals surface area contributed by atoms with Gasteiger partial charge in [-0.15, -0.1) is 0 Å². The predicted molar refractivity (Wildman–Crippen MR) is 119 cm³/mol. The summed E-state index contributed by atoms with van der Waals surface area (Å²) in [6.07, 6.45) is 1.03. The Balaban J connectivity index is 1.58. The number of methoxy groups -OCH3 is 1. The first-order valence-corrected chi connectivity index (χ1v) is 10.7. The third-order valence-electron chi connectivity index (χ3n) is 6.34. The number of carbonyl (C=O) groups is 1. The number of halogens is 1. The minimum absolute atomic E-state index is 0.0125. The van der Waals surface area contributed by atoms with Crippen LogP contribution in [0.4, 0.5) is 0 Å². The molecule has 0 saturated carbocycles. The van der Waals surface area contributed by atoms with E-state index >= 15 is 0 Å². The van der Waals surface area contributed by atoms with Crippen molar-refractivity contribution < 1.29 is 19.0 Å². The second-order valence-electron chi connectivity index (χ2n) is 8.13. The van der Waals surface area contributed by atoms with Gasteiger partial charge in [-0.3, -0.25) is 4.79 Å². The van der Waals surface area contributed by atoms with Crippen LogP contribution in [0.2, 0.25) is 5.02 Å². The molecule has 0 radical (unpaired) electrons. The fourth-order valence-corrected chi connectivity index (χ4v) is 5.03. The second-order valence-corrected chi connectivity index (χ2v) is 8.54. The molecule has 0 amide bonds. The highest BCUT2D eigenvalue weighted by Crippen LogP contribution is 2.49. The van der Waals surface area contributed by atoms with Crippen molar-refractivity contribution in [1.82, 2.24) is 5.32 Å². The topological polar surface area (TPSA) is 80.6 Å². The molecule has 2 heterocycles. The van der Waals surface area contributed by atoms with Crippen molar-refractivity contribution in [3.05, 3.63) is 75.1 Å². The Morgan fingerprint density at radius 2 is 1.88 bits per heavy atom. The smallest absolute Gasteiger partial charge is 0.231 e. The number of Topliss-reactive ketones (excluding diaryl/α,β-unsaturated/α-hetero) is 1. The summed E-state index contributed by atoms with van der Waals surface area (Å²) in [5, 5.41) is 13.7. The molecular formula is C25H21ClN2O4. The van der Waals surface area contributed by atoms with E-state index in [1.54, 1.807) is 19.2 Å². The van der Waals surface area contributed by atoms with Gasteiger partial charge in [0.1, 0.15) is 5.75 Å². The number of ether oxygens (including phenoxy) is 3. The van der Waals surface area contributed by atoms with E-state index in [9.17, 15) is 10.1 Å². The molecule has 2 unspecified atom stereocenters. The lowest BCUT2D eigenvalue weighted by atomic mass is 9.72. The monoisotopic (exact) mass is 448 g/mol. The summed E-state index contributed by atoms with van der Waals surface area (Å²) in [4.78, 5) is 13.5. The van der Waals surface area contributed by atoms with E-state index in [4.69, 9.17) is 25.8 Å². The molecule has 0 fully saturated rings. The van der Waals surface area contributed by atoms with Crippen LogP contribution in [0.1, 0.15) is 42.7 Å². The maximum atomic E-state index is 13.5. The molecule has 0 spiro atoms. The number of fused-ring (bicyclic) bond motifs is 1. The zero-order valence-electron chi connectivity index (χ0n) is 17.7. The van der Waals surface area contributed by atoms with Crippen LogP contribution in [0, 0.1) is 11.3 Å². The van der Waals surface area contributed by atoms with Gasteiger partial charge in [0.25, 0.3) is 0 Å². The van der Waals surface area contributed by atoms with Gasteiger partial charge in [0.15, 0.2) is 17.3 Å². The maximum Gasteiger partial charge on any atom is 0.231 e. The molecule has 2 aromatic rings. The largest absolute Gasteiger partial charge is 0.497 e. The summed E-state index contributed by atoms with van der Waals surface area (Å²) in [5.41, 5.74) is 4.43.